The lowest BCUT2D eigenvalue weighted by Crippen LogP contribution is -2.13. The predicted octanol–water partition coefficient (Wildman–Crippen LogP) is 6.06. The lowest BCUT2D eigenvalue weighted by molar-refractivity contribution is -0.112. The highest BCUT2D eigenvalue weighted by molar-refractivity contribution is 6.09. The van der Waals surface area contributed by atoms with Crippen molar-refractivity contribution in [3.63, 3.8) is 0 Å². The number of benzene rings is 3. The first-order valence-corrected chi connectivity index (χ1v) is 11.2. The highest BCUT2D eigenvalue weighted by Crippen LogP contribution is 2.25. The number of hydrogen-bond acceptors (Lipinski definition) is 4. The molecule has 3 aromatic carbocycles. The normalized spacial score (nSPS) is 11.1. The van der Waals surface area contributed by atoms with E-state index in [1.165, 1.54) is 18.2 Å². The van der Waals surface area contributed by atoms with Crippen molar-refractivity contribution >= 4 is 17.7 Å². The zero-order valence-electron chi connectivity index (χ0n) is 19.8. The number of carbonyl (C=O) groups is 1. The Balaban J connectivity index is 1.51. The van der Waals surface area contributed by atoms with Crippen LogP contribution in [0.3, 0.4) is 0 Å². The van der Waals surface area contributed by atoms with Crippen LogP contribution >= 0.6 is 0 Å². The number of carbonyl (C=O) groups excluding carboxylic acids is 1. The van der Waals surface area contributed by atoms with Crippen LogP contribution in [0.15, 0.2) is 84.4 Å². The van der Waals surface area contributed by atoms with Gasteiger partial charge in [0.15, 0.2) is 0 Å². The molecule has 7 heteroatoms. The molecule has 0 aliphatic rings. The summed E-state index contributed by atoms with van der Waals surface area (Å²) in [6.45, 7) is 3.98. The van der Waals surface area contributed by atoms with E-state index in [9.17, 15) is 19.6 Å². The molecule has 0 aliphatic heterocycles. The fourth-order valence-electron chi connectivity index (χ4n) is 3.85. The Labute approximate surface area is 208 Å². The Kier molecular flexibility index (Phi) is 7.17. The van der Waals surface area contributed by atoms with Gasteiger partial charge in [0.25, 0.3) is 5.91 Å². The van der Waals surface area contributed by atoms with Crippen molar-refractivity contribution in [3.8, 4) is 23.3 Å². The van der Waals surface area contributed by atoms with Gasteiger partial charge in [-0.3, -0.25) is 4.79 Å². The predicted molar refractivity (Wildman–Crippen MR) is 136 cm³/mol. The lowest BCUT2D eigenvalue weighted by atomic mass is 10.1. The van der Waals surface area contributed by atoms with Gasteiger partial charge >= 0.3 is 0 Å². The summed E-state index contributed by atoms with van der Waals surface area (Å²) >= 11 is 0. The second-order valence-electron chi connectivity index (χ2n) is 8.21. The van der Waals surface area contributed by atoms with Gasteiger partial charge in [-0.2, -0.15) is 5.26 Å². The van der Waals surface area contributed by atoms with Gasteiger partial charge in [0.05, 0.1) is 0 Å². The molecule has 36 heavy (non-hydrogen) atoms. The number of anilines is 1. The van der Waals surface area contributed by atoms with Crippen molar-refractivity contribution in [2.45, 2.75) is 20.5 Å². The molecule has 0 spiro atoms. The minimum absolute atomic E-state index is 0.0415. The molecule has 4 rings (SSSR count). The number of phenolic OH excluding ortho intramolecular Hbond substituents is 1. The first kappa shape index (κ1) is 24.3. The minimum atomic E-state index is -0.538. The highest BCUT2D eigenvalue weighted by Gasteiger charge is 2.14. The van der Waals surface area contributed by atoms with E-state index < -0.39 is 5.91 Å². The number of aromatic nitrogens is 1. The van der Waals surface area contributed by atoms with Gasteiger partial charge in [-0.25, -0.2) is 4.39 Å². The molecule has 0 radical (unpaired) electrons. The Bertz CT molecular complexity index is 1460. The van der Waals surface area contributed by atoms with Gasteiger partial charge in [0.1, 0.15) is 35.6 Å². The summed E-state index contributed by atoms with van der Waals surface area (Å²) in [5, 5.41) is 21.6. The van der Waals surface area contributed by atoms with Crippen LogP contribution in [0.2, 0.25) is 0 Å². The quantitative estimate of drug-likeness (QED) is 0.191. The maximum atomic E-state index is 13.8. The number of nitriles is 1. The second kappa shape index (κ2) is 10.6. The summed E-state index contributed by atoms with van der Waals surface area (Å²) in [5.41, 5.74) is 4.33. The monoisotopic (exact) mass is 481 g/mol. The molecule has 180 valence electrons. The molecule has 6 nitrogen and oxygen atoms in total. The molecule has 0 fully saturated rings. The molecule has 0 bridgehead atoms. The van der Waals surface area contributed by atoms with Gasteiger partial charge < -0.3 is 19.7 Å². The van der Waals surface area contributed by atoms with Crippen LogP contribution in [0.4, 0.5) is 10.1 Å². The summed E-state index contributed by atoms with van der Waals surface area (Å²) in [6, 6.07) is 23.8. The van der Waals surface area contributed by atoms with Crippen molar-refractivity contribution in [1.29, 1.82) is 5.26 Å². The summed E-state index contributed by atoms with van der Waals surface area (Å²) in [7, 11) is 0. The third kappa shape index (κ3) is 5.45. The first-order chi connectivity index (χ1) is 17.4. The number of amides is 1. The van der Waals surface area contributed by atoms with E-state index in [2.05, 4.69) is 5.32 Å². The molecule has 0 unspecified atom stereocenters. The summed E-state index contributed by atoms with van der Waals surface area (Å²) in [4.78, 5) is 12.6. The molecule has 0 aliphatic carbocycles. The van der Waals surface area contributed by atoms with E-state index in [-0.39, 0.29) is 23.7 Å². The molecular weight excluding hydrogens is 457 g/mol. The standard InChI is InChI=1S/C29H24FN3O3/c1-19-15-22(16-23(17-31)29(35)32-24-7-11-26(34)12-8-24)20(2)33(19)25-9-13-27(14-10-25)36-18-21-5-3-4-6-28(21)30/h3-16,34H,18H2,1-2H3,(H,32,35)/b23-16-. The molecule has 2 N–H and O–H groups in total. The van der Waals surface area contributed by atoms with Gasteiger partial charge in [-0.1, -0.05) is 18.2 Å². The number of aromatic hydroxyl groups is 1. The van der Waals surface area contributed by atoms with E-state index in [0.29, 0.717) is 17.0 Å². The molecule has 1 heterocycles. The molecule has 0 atom stereocenters. The van der Waals surface area contributed by atoms with Crippen LogP contribution in [-0.2, 0) is 11.4 Å². The highest BCUT2D eigenvalue weighted by atomic mass is 19.1. The van der Waals surface area contributed by atoms with E-state index in [1.54, 1.807) is 36.4 Å². The van der Waals surface area contributed by atoms with Crippen LogP contribution in [0.25, 0.3) is 11.8 Å². The van der Waals surface area contributed by atoms with Crippen LogP contribution in [0.1, 0.15) is 22.5 Å². The van der Waals surface area contributed by atoms with E-state index in [1.807, 2.05) is 54.8 Å². The van der Waals surface area contributed by atoms with Crippen molar-refractivity contribution in [3.05, 3.63) is 113 Å². The van der Waals surface area contributed by atoms with E-state index in [4.69, 9.17) is 4.74 Å². The van der Waals surface area contributed by atoms with Gasteiger partial charge in [-0.15, -0.1) is 0 Å². The number of halogens is 1. The van der Waals surface area contributed by atoms with E-state index in [0.717, 1.165) is 22.6 Å². The largest absolute Gasteiger partial charge is 0.508 e. The smallest absolute Gasteiger partial charge is 0.266 e. The number of aryl methyl sites for hydroxylation is 1. The average Bonchev–Trinajstić information content (AvgIpc) is 3.16. The summed E-state index contributed by atoms with van der Waals surface area (Å²) < 4.78 is 21.6. The zero-order valence-corrected chi connectivity index (χ0v) is 19.8. The molecule has 0 saturated heterocycles. The first-order valence-electron chi connectivity index (χ1n) is 11.2. The molecule has 0 saturated carbocycles. The SMILES string of the molecule is Cc1cc(/C=C(/C#N)C(=O)Nc2ccc(O)cc2)c(C)n1-c1ccc(OCc2ccccc2F)cc1. The summed E-state index contributed by atoms with van der Waals surface area (Å²) in [5.74, 6) is -0.144. The number of phenols is 1. The fraction of sp³-hybridized carbons (Fsp3) is 0.103. The zero-order chi connectivity index (χ0) is 25.7. The van der Waals surface area contributed by atoms with Gasteiger partial charge in [0, 0.05) is 28.3 Å². The Morgan fingerprint density at radius 3 is 2.44 bits per heavy atom. The fourth-order valence-corrected chi connectivity index (χ4v) is 3.85. The number of hydrogen-bond donors (Lipinski definition) is 2. The Morgan fingerprint density at radius 1 is 1.08 bits per heavy atom. The number of nitrogens with zero attached hydrogens (tertiary/aromatic N) is 2. The summed E-state index contributed by atoms with van der Waals surface area (Å²) in [6.07, 6.45) is 1.56. The third-order valence-corrected chi connectivity index (χ3v) is 5.71. The topological polar surface area (TPSA) is 87.3 Å². The molecular formula is C29H24FN3O3. The second-order valence-corrected chi connectivity index (χ2v) is 8.21. The number of nitrogens with one attached hydrogen (secondary N) is 1. The van der Waals surface area contributed by atoms with Crippen molar-refractivity contribution in [2.75, 3.05) is 5.32 Å². The molecule has 1 aromatic heterocycles. The van der Waals surface area contributed by atoms with Crippen LogP contribution in [-0.4, -0.2) is 15.6 Å². The minimum Gasteiger partial charge on any atom is -0.508 e. The van der Waals surface area contributed by atoms with Crippen molar-refractivity contribution in [2.24, 2.45) is 0 Å². The van der Waals surface area contributed by atoms with Crippen molar-refractivity contribution < 1.29 is 19.0 Å². The number of ether oxygens (including phenoxy) is 1. The van der Waals surface area contributed by atoms with Gasteiger partial charge in [-0.05, 0) is 86.2 Å². The van der Waals surface area contributed by atoms with Gasteiger partial charge in [0.2, 0.25) is 0 Å². The Morgan fingerprint density at radius 2 is 1.78 bits per heavy atom. The third-order valence-electron chi connectivity index (χ3n) is 5.71. The molecule has 1 amide bonds. The maximum Gasteiger partial charge on any atom is 0.266 e. The maximum absolute atomic E-state index is 13.8. The molecule has 4 aromatic rings. The Hall–Kier alpha value is -4.83. The van der Waals surface area contributed by atoms with Crippen LogP contribution in [0, 0.1) is 31.0 Å². The number of rotatable bonds is 7. The van der Waals surface area contributed by atoms with E-state index >= 15 is 0 Å². The average molecular weight is 482 g/mol. The van der Waals surface area contributed by atoms with Crippen LogP contribution < -0.4 is 10.1 Å². The van der Waals surface area contributed by atoms with Crippen LogP contribution in [0.5, 0.6) is 11.5 Å². The van der Waals surface area contributed by atoms with Crippen molar-refractivity contribution in [1.82, 2.24) is 4.57 Å². The lowest BCUT2D eigenvalue weighted by Gasteiger charge is -2.12.